The van der Waals surface area contributed by atoms with Gasteiger partial charge in [-0.25, -0.2) is 0 Å². The molecule has 6 nitrogen and oxygen atoms in total. The average Bonchev–Trinajstić information content (AvgIpc) is 3.62. The molecule has 7 heteroatoms. The molecular weight excluding hydrogens is 442 g/mol. The van der Waals surface area contributed by atoms with Crippen molar-refractivity contribution < 1.29 is 4.79 Å². The number of hydrogen-bond donors (Lipinski definition) is 1. The Morgan fingerprint density at radius 1 is 1.06 bits per heavy atom. The lowest BCUT2D eigenvalue weighted by Crippen LogP contribution is -2.31. The van der Waals surface area contributed by atoms with Crippen LogP contribution in [0.3, 0.4) is 0 Å². The third-order valence-electron chi connectivity index (χ3n) is 6.09. The van der Waals surface area contributed by atoms with Gasteiger partial charge in [0.05, 0.1) is 17.5 Å². The Balaban J connectivity index is 1.37. The van der Waals surface area contributed by atoms with Crippen LogP contribution in [0.2, 0.25) is 0 Å². The number of carbonyl (C=O) groups is 1. The molecule has 34 heavy (non-hydrogen) atoms. The van der Waals surface area contributed by atoms with Crippen molar-refractivity contribution in [2.45, 2.75) is 37.9 Å². The molecule has 0 saturated heterocycles. The standard InChI is InChI=1S/C27H27N5OS/c1-18-9-11-20(12-10-18)25(21-13-14-21)29-24(33)17-34-27-31-30-26(22-7-5-15-28-16-22)32(27)23-8-4-3-6-19(23)2/h3-12,15-16,21,25H,13-14,17H2,1-2H3,(H,29,33). The Hall–Kier alpha value is -3.45. The van der Waals surface area contributed by atoms with E-state index in [1.165, 1.54) is 22.9 Å². The summed E-state index contributed by atoms with van der Waals surface area (Å²) in [6.07, 6.45) is 5.83. The van der Waals surface area contributed by atoms with E-state index < -0.39 is 0 Å². The zero-order valence-electron chi connectivity index (χ0n) is 19.3. The summed E-state index contributed by atoms with van der Waals surface area (Å²) in [5, 5.41) is 12.9. The van der Waals surface area contributed by atoms with E-state index in [2.05, 4.69) is 64.7 Å². The fourth-order valence-corrected chi connectivity index (χ4v) is 4.85. The number of aryl methyl sites for hydroxylation is 2. The van der Waals surface area contributed by atoms with Crippen LogP contribution in [0.25, 0.3) is 17.1 Å². The van der Waals surface area contributed by atoms with E-state index >= 15 is 0 Å². The van der Waals surface area contributed by atoms with Gasteiger partial charge in [0.25, 0.3) is 0 Å². The summed E-state index contributed by atoms with van der Waals surface area (Å²) in [7, 11) is 0. The summed E-state index contributed by atoms with van der Waals surface area (Å²) < 4.78 is 2.02. The first kappa shape index (κ1) is 22.3. The number of hydrogen-bond acceptors (Lipinski definition) is 5. The van der Waals surface area contributed by atoms with Gasteiger partial charge in [0.2, 0.25) is 5.91 Å². The van der Waals surface area contributed by atoms with Gasteiger partial charge in [-0.1, -0.05) is 59.8 Å². The van der Waals surface area contributed by atoms with E-state index in [1.54, 1.807) is 12.4 Å². The summed E-state index contributed by atoms with van der Waals surface area (Å²) in [6, 6.07) is 20.5. The van der Waals surface area contributed by atoms with Crippen molar-refractivity contribution in [1.29, 1.82) is 0 Å². The van der Waals surface area contributed by atoms with Crippen LogP contribution in [0.4, 0.5) is 0 Å². The van der Waals surface area contributed by atoms with Crippen LogP contribution in [0.15, 0.2) is 78.2 Å². The second kappa shape index (κ2) is 9.81. The lowest BCUT2D eigenvalue weighted by atomic mass is 10.0. The second-order valence-corrected chi connectivity index (χ2v) is 9.69. The molecule has 2 aromatic heterocycles. The maximum Gasteiger partial charge on any atom is 0.230 e. The van der Waals surface area contributed by atoms with Crippen molar-refractivity contribution in [2.75, 3.05) is 5.75 Å². The summed E-state index contributed by atoms with van der Waals surface area (Å²) in [4.78, 5) is 17.2. The van der Waals surface area contributed by atoms with E-state index in [0.29, 0.717) is 16.9 Å². The Kier molecular flexibility index (Phi) is 6.45. The van der Waals surface area contributed by atoms with Gasteiger partial charge >= 0.3 is 0 Å². The summed E-state index contributed by atoms with van der Waals surface area (Å²) in [5.74, 6) is 1.50. The van der Waals surface area contributed by atoms with E-state index in [1.807, 2.05) is 34.9 Å². The molecular formula is C27H27N5OS. The fourth-order valence-electron chi connectivity index (χ4n) is 4.10. The highest BCUT2D eigenvalue weighted by atomic mass is 32.2. The molecule has 0 aliphatic heterocycles. The van der Waals surface area contributed by atoms with Gasteiger partial charge in [0, 0.05) is 18.0 Å². The molecule has 2 heterocycles. The quantitative estimate of drug-likeness (QED) is 0.354. The number of aromatic nitrogens is 4. The number of amides is 1. The van der Waals surface area contributed by atoms with E-state index in [9.17, 15) is 4.79 Å². The van der Waals surface area contributed by atoms with Gasteiger partial charge in [-0.15, -0.1) is 10.2 Å². The molecule has 172 valence electrons. The average molecular weight is 470 g/mol. The molecule has 1 unspecified atom stereocenters. The van der Waals surface area contributed by atoms with Gasteiger partial charge in [-0.05, 0) is 61.9 Å². The van der Waals surface area contributed by atoms with Crippen LogP contribution in [-0.4, -0.2) is 31.4 Å². The minimum absolute atomic E-state index is 0.00439. The minimum Gasteiger partial charge on any atom is -0.348 e. The van der Waals surface area contributed by atoms with Crippen molar-refractivity contribution in [3.8, 4) is 17.1 Å². The van der Waals surface area contributed by atoms with Crippen LogP contribution >= 0.6 is 11.8 Å². The van der Waals surface area contributed by atoms with Gasteiger partial charge in [0.15, 0.2) is 11.0 Å². The maximum atomic E-state index is 13.0. The number of rotatable bonds is 8. The van der Waals surface area contributed by atoms with Gasteiger partial charge in [-0.3, -0.25) is 14.3 Å². The topological polar surface area (TPSA) is 72.7 Å². The molecule has 0 radical (unpaired) electrons. The Morgan fingerprint density at radius 2 is 1.85 bits per heavy atom. The molecule has 0 bridgehead atoms. The summed E-state index contributed by atoms with van der Waals surface area (Å²) in [5.41, 5.74) is 5.37. The van der Waals surface area contributed by atoms with Gasteiger partial charge < -0.3 is 5.32 Å². The molecule has 1 N–H and O–H groups in total. The molecule has 1 aliphatic carbocycles. The third-order valence-corrected chi connectivity index (χ3v) is 7.02. The van der Waals surface area contributed by atoms with E-state index in [0.717, 1.165) is 29.7 Å². The Labute approximate surface area is 203 Å². The van der Waals surface area contributed by atoms with Gasteiger partial charge in [-0.2, -0.15) is 0 Å². The highest BCUT2D eigenvalue weighted by Crippen LogP contribution is 2.41. The predicted octanol–water partition coefficient (Wildman–Crippen LogP) is 5.31. The summed E-state index contributed by atoms with van der Waals surface area (Å²) in [6.45, 7) is 4.14. The number of para-hydroxylation sites is 1. The highest BCUT2D eigenvalue weighted by molar-refractivity contribution is 7.99. The minimum atomic E-state index is 0.00439. The molecule has 4 aromatic rings. The van der Waals surface area contributed by atoms with Crippen molar-refractivity contribution in [3.63, 3.8) is 0 Å². The van der Waals surface area contributed by atoms with Crippen molar-refractivity contribution in [2.24, 2.45) is 5.92 Å². The van der Waals surface area contributed by atoms with Crippen LogP contribution in [0.5, 0.6) is 0 Å². The lowest BCUT2D eigenvalue weighted by Gasteiger charge is -2.19. The predicted molar refractivity (Wildman–Crippen MR) is 135 cm³/mol. The van der Waals surface area contributed by atoms with Crippen LogP contribution < -0.4 is 5.32 Å². The van der Waals surface area contributed by atoms with Crippen LogP contribution in [-0.2, 0) is 4.79 Å². The number of pyridine rings is 1. The van der Waals surface area contributed by atoms with Crippen LogP contribution in [0.1, 0.15) is 35.6 Å². The summed E-state index contributed by atoms with van der Waals surface area (Å²) >= 11 is 1.40. The van der Waals surface area contributed by atoms with Crippen LogP contribution in [0, 0.1) is 19.8 Å². The first-order valence-electron chi connectivity index (χ1n) is 11.5. The number of benzene rings is 2. The fraction of sp³-hybridized carbons (Fsp3) is 0.259. The zero-order valence-corrected chi connectivity index (χ0v) is 20.1. The highest BCUT2D eigenvalue weighted by Gasteiger charge is 2.33. The molecule has 1 aliphatic rings. The van der Waals surface area contributed by atoms with Crippen molar-refractivity contribution in [3.05, 3.63) is 89.7 Å². The number of carbonyl (C=O) groups excluding carboxylic acids is 1. The zero-order chi connectivity index (χ0) is 23.5. The Bertz CT molecular complexity index is 1280. The van der Waals surface area contributed by atoms with Crippen molar-refractivity contribution >= 4 is 17.7 Å². The smallest absolute Gasteiger partial charge is 0.230 e. The SMILES string of the molecule is Cc1ccc(C(NC(=O)CSc2nnc(-c3cccnc3)n2-c2ccccc2C)C2CC2)cc1. The largest absolute Gasteiger partial charge is 0.348 e. The third kappa shape index (κ3) is 4.89. The lowest BCUT2D eigenvalue weighted by molar-refractivity contribution is -0.119. The second-order valence-electron chi connectivity index (χ2n) is 8.75. The molecule has 1 amide bonds. The molecule has 1 atom stereocenters. The molecule has 1 saturated carbocycles. The first-order chi connectivity index (χ1) is 16.6. The number of nitrogens with zero attached hydrogens (tertiary/aromatic N) is 4. The van der Waals surface area contributed by atoms with E-state index in [4.69, 9.17) is 0 Å². The van der Waals surface area contributed by atoms with Gasteiger partial charge in [0.1, 0.15) is 0 Å². The molecule has 1 fully saturated rings. The number of thioether (sulfide) groups is 1. The Morgan fingerprint density at radius 3 is 2.56 bits per heavy atom. The van der Waals surface area contributed by atoms with E-state index in [-0.39, 0.29) is 17.7 Å². The van der Waals surface area contributed by atoms with Crippen molar-refractivity contribution in [1.82, 2.24) is 25.1 Å². The molecule has 2 aromatic carbocycles. The molecule has 0 spiro atoms. The number of nitrogens with one attached hydrogen (secondary N) is 1. The first-order valence-corrected chi connectivity index (χ1v) is 12.5. The normalized spacial score (nSPS) is 14.1. The molecule has 5 rings (SSSR count). The monoisotopic (exact) mass is 469 g/mol. The maximum absolute atomic E-state index is 13.0.